The third-order valence-corrected chi connectivity index (χ3v) is 4.31. The summed E-state index contributed by atoms with van der Waals surface area (Å²) in [7, 11) is 0. The monoisotopic (exact) mass is 229 g/mol. The summed E-state index contributed by atoms with van der Waals surface area (Å²) >= 11 is 0. The minimum Gasteiger partial charge on any atom is -0.300 e. The van der Waals surface area contributed by atoms with Crippen LogP contribution in [0.3, 0.4) is 0 Å². The largest absolute Gasteiger partial charge is 0.300 e. The van der Waals surface area contributed by atoms with Crippen LogP contribution in [-0.2, 0) is 11.3 Å². The smallest absolute Gasteiger partial charge is 0.136 e. The van der Waals surface area contributed by atoms with Gasteiger partial charge in [-0.1, -0.05) is 24.3 Å². The van der Waals surface area contributed by atoms with E-state index in [2.05, 4.69) is 36.1 Å². The van der Waals surface area contributed by atoms with Crippen LogP contribution in [0.2, 0.25) is 0 Å². The SMILES string of the molecule is Cc1ccccc1CN1C2CCC1CC(=O)C2. The lowest BCUT2D eigenvalue weighted by molar-refractivity contribution is -0.123. The van der Waals surface area contributed by atoms with Crippen molar-refractivity contribution in [2.45, 2.75) is 51.2 Å². The van der Waals surface area contributed by atoms with Crippen molar-refractivity contribution in [2.75, 3.05) is 0 Å². The molecule has 3 rings (SSSR count). The summed E-state index contributed by atoms with van der Waals surface area (Å²) in [5.74, 6) is 0.471. The number of hydrogen-bond acceptors (Lipinski definition) is 2. The Hall–Kier alpha value is -1.15. The molecule has 17 heavy (non-hydrogen) atoms. The van der Waals surface area contributed by atoms with Crippen LogP contribution < -0.4 is 0 Å². The first-order valence-corrected chi connectivity index (χ1v) is 6.56. The molecule has 2 unspecified atom stereocenters. The number of ketones is 1. The lowest BCUT2D eigenvalue weighted by Crippen LogP contribution is -2.42. The van der Waals surface area contributed by atoms with Crippen LogP contribution in [0.4, 0.5) is 0 Å². The molecular weight excluding hydrogens is 210 g/mol. The summed E-state index contributed by atoms with van der Waals surface area (Å²) in [6.07, 6.45) is 3.98. The van der Waals surface area contributed by atoms with Crippen LogP contribution >= 0.6 is 0 Å². The van der Waals surface area contributed by atoms with Crippen LogP contribution in [-0.4, -0.2) is 22.8 Å². The highest BCUT2D eigenvalue weighted by Gasteiger charge is 2.39. The first-order valence-electron chi connectivity index (χ1n) is 6.56. The van der Waals surface area contributed by atoms with Crippen molar-refractivity contribution in [3.8, 4) is 0 Å². The van der Waals surface area contributed by atoms with Gasteiger partial charge in [0.1, 0.15) is 5.78 Å². The maximum absolute atomic E-state index is 11.6. The van der Waals surface area contributed by atoms with Gasteiger partial charge in [-0.15, -0.1) is 0 Å². The Morgan fingerprint density at radius 1 is 1.18 bits per heavy atom. The molecule has 0 aliphatic carbocycles. The molecule has 2 saturated heterocycles. The van der Waals surface area contributed by atoms with Crippen LogP contribution in [0.1, 0.15) is 36.8 Å². The highest BCUT2D eigenvalue weighted by atomic mass is 16.1. The van der Waals surface area contributed by atoms with E-state index in [0.717, 1.165) is 19.4 Å². The minimum absolute atomic E-state index is 0.471. The number of Topliss-reactive ketones (excluding diaryl/α,β-unsaturated/α-hetero) is 1. The van der Waals surface area contributed by atoms with Crippen molar-refractivity contribution in [2.24, 2.45) is 0 Å². The molecule has 2 aliphatic rings. The van der Waals surface area contributed by atoms with Gasteiger partial charge in [-0.3, -0.25) is 9.69 Å². The maximum Gasteiger partial charge on any atom is 0.136 e. The molecule has 2 nitrogen and oxygen atoms in total. The zero-order valence-electron chi connectivity index (χ0n) is 10.4. The van der Waals surface area contributed by atoms with Gasteiger partial charge in [-0.2, -0.15) is 0 Å². The fraction of sp³-hybridized carbons (Fsp3) is 0.533. The second kappa shape index (κ2) is 4.26. The Kier molecular flexibility index (Phi) is 2.75. The van der Waals surface area contributed by atoms with Gasteiger partial charge in [0, 0.05) is 31.5 Å². The number of piperidine rings is 1. The Morgan fingerprint density at radius 3 is 2.47 bits per heavy atom. The van der Waals surface area contributed by atoms with E-state index < -0.39 is 0 Å². The molecule has 2 atom stereocenters. The van der Waals surface area contributed by atoms with Gasteiger partial charge in [0.2, 0.25) is 0 Å². The molecule has 2 bridgehead atoms. The van der Waals surface area contributed by atoms with E-state index in [0.29, 0.717) is 17.9 Å². The highest BCUT2D eigenvalue weighted by molar-refractivity contribution is 5.80. The van der Waals surface area contributed by atoms with E-state index in [-0.39, 0.29) is 0 Å². The number of hydrogen-bond donors (Lipinski definition) is 0. The van der Waals surface area contributed by atoms with E-state index in [9.17, 15) is 4.79 Å². The lowest BCUT2D eigenvalue weighted by atomic mass is 9.99. The van der Waals surface area contributed by atoms with E-state index in [4.69, 9.17) is 0 Å². The van der Waals surface area contributed by atoms with Gasteiger partial charge in [0.15, 0.2) is 0 Å². The number of rotatable bonds is 2. The molecule has 90 valence electrons. The third kappa shape index (κ3) is 2.02. The maximum atomic E-state index is 11.6. The molecule has 0 N–H and O–H groups in total. The number of aryl methyl sites for hydroxylation is 1. The van der Waals surface area contributed by atoms with Crippen LogP contribution in [0.5, 0.6) is 0 Å². The van der Waals surface area contributed by atoms with Crippen molar-refractivity contribution >= 4 is 5.78 Å². The van der Waals surface area contributed by atoms with Crippen LogP contribution in [0.25, 0.3) is 0 Å². The summed E-state index contributed by atoms with van der Waals surface area (Å²) < 4.78 is 0. The predicted octanol–water partition coefficient (Wildman–Crippen LogP) is 2.69. The number of fused-ring (bicyclic) bond motifs is 2. The number of carbonyl (C=O) groups excluding carboxylic acids is 1. The van der Waals surface area contributed by atoms with Crippen molar-refractivity contribution in [1.82, 2.24) is 4.90 Å². The van der Waals surface area contributed by atoms with Crippen molar-refractivity contribution in [3.05, 3.63) is 35.4 Å². The second-order valence-corrected chi connectivity index (χ2v) is 5.43. The molecule has 2 aliphatic heterocycles. The molecular formula is C15H19NO. The average molecular weight is 229 g/mol. The molecule has 0 saturated carbocycles. The molecule has 0 amide bonds. The van der Waals surface area contributed by atoms with Gasteiger partial charge < -0.3 is 0 Å². The molecule has 2 fully saturated rings. The first kappa shape index (κ1) is 11.0. The second-order valence-electron chi connectivity index (χ2n) is 5.43. The molecule has 1 aromatic rings. The molecule has 2 heteroatoms. The van der Waals surface area contributed by atoms with Crippen molar-refractivity contribution < 1.29 is 4.79 Å². The normalized spacial score (nSPS) is 28.6. The highest BCUT2D eigenvalue weighted by Crippen LogP contribution is 2.35. The zero-order chi connectivity index (χ0) is 11.8. The first-order chi connectivity index (χ1) is 8.24. The van der Waals surface area contributed by atoms with Gasteiger partial charge >= 0.3 is 0 Å². The molecule has 0 aromatic heterocycles. The standard InChI is InChI=1S/C15H19NO/c1-11-4-2-3-5-12(11)10-16-13-6-7-14(16)9-15(17)8-13/h2-5,13-14H,6-10H2,1H3. The van der Waals surface area contributed by atoms with Gasteiger partial charge in [-0.25, -0.2) is 0 Å². The Balaban J connectivity index is 1.79. The number of benzene rings is 1. The zero-order valence-corrected chi connectivity index (χ0v) is 10.4. The van der Waals surface area contributed by atoms with E-state index in [1.165, 1.54) is 24.0 Å². The van der Waals surface area contributed by atoms with Gasteiger partial charge in [-0.05, 0) is 30.9 Å². The fourth-order valence-electron chi connectivity index (χ4n) is 3.30. The third-order valence-electron chi connectivity index (χ3n) is 4.31. The number of carbonyl (C=O) groups is 1. The molecule has 0 radical (unpaired) electrons. The summed E-state index contributed by atoms with van der Waals surface area (Å²) in [4.78, 5) is 14.1. The summed E-state index contributed by atoms with van der Waals surface area (Å²) in [5.41, 5.74) is 2.78. The topological polar surface area (TPSA) is 20.3 Å². The summed E-state index contributed by atoms with van der Waals surface area (Å²) in [5, 5.41) is 0. The number of nitrogens with zero attached hydrogens (tertiary/aromatic N) is 1. The van der Waals surface area contributed by atoms with E-state index in [1.54, 1.807) is 0 Å². The Bertz CT molecular complexity index is 424. The Labute approximate surface area is 103 Å². The Morgan fingerprint density at radius 2 is 1.82 bits per heavy atom. The summed E-state index contributed by atoms with van der Waals surface area (Å²) in [6.45, 7) is 3.20. The van der Waals surface area contributed by atoms with E-state index >= 15 is 0 Å². The summed E-state index contributed by atoms with van der Waals surface area (Å²) in [6, 6.07) is 9.62. The van der Waals surface area contributed by atoms with Crippen LogP contribution in [0.15, 0.2) is 24.3 Å². The van der Waals surface area contributed by atoms with Gasteiger partial charge in [0.05, 0.1) is 0 Å². The fourth-order valence-corrected chi connectivity index (χ4v) is 3.30. The molecule has 2 heterocycles. The predicted molar refractivity (Wildman–Crippen MR) is 67.8 cm³/mol. The average Bonchev–Trinajstić information content (AvgIpc) is 2.56. The molecule has 1 aromatic carbocycles. The van der Waals surface area contributed by atoms with Crippen LogP contribution in [0, 0.1) is 6.92 Å². The van der Waals surface area contributed by atoms with Crippen molar-refractivity contribution in [3.63, 3.8) is 0 Å². The minimum atomic E-state index is 0.471. The van der Waals surface area contributed by atoms with Gasteiger partial charge in [0.25, 0.3) is 0 Å². The van der Waals surface area contributed by atoms with Crippen molar-refractivity contribution in [1.29, 1.82) is 0 Å². The van der Waals surface area contributed by atoms with E-state index in [1.807, 2.05) is 0 Å². The quantitative estimate of drug-likeness (QED) is 0.777. The molecule has 0 spiro atoms. The lowest BCUT2D eigenvalue weighted by Gasteiger charge is -2.34.